The van der Waals surface area contributed by atoms with Crippen LogP contribution < -0.4 is 0 Å². The third kappa shape index (κ3) is 7.02. The highest BCUT2D eigenvalue weighted by atomic mass is 16.6. The highest BCUT2D eigenvalue weighted by molar-refractivity contribution is 5.88. The maximum atomic E-state index is 14.6. The molecule has 19 atom stereocenters. The summed E-state index contributed by atoms with van der Waals surface area (Å²) < 4.78 is 43.5. The molecule has 18 unspecified atom stereocenters. The van der Waals surface area contributed by atoms with E-state index in [2.05, 4.69) is 23.9 Å². The van der Waals surface area contributed by atoms with E-state index in [0.29, 0.717) is 36.0 Å². The summed E-state index contributed by atoms with van der Waals surface area (Å²) in [5.41, 5.74) is 0. The minimum absolute atomic E-state index is 0.00242. The zero-order valence-corrected chi connectivity index (χ0v) is 32.6. The topological polar surface area (TPSA) is 108 Å². The third-order valence-electron chi connectivity index (χ3n) is 15.7. The van der Waals surface area contributed by atoms with Crippen molar-refractivity contribution in [2.45, 2.75) is 131 Å². The lowest BCUT2D eigenvalue weighted by Gasteiger charge is -2.61. The Labute approximate surface area is 306 Å². The van der Waals surface area contributed by atoms with Crippen molar-refractivity contribution >= 4 is 5.78 Å². The highest BCUT2D eigenvalue weighted by Gasteiger charge is 2.62. The number of hydrogen-bond acceptors (Lipinski definition) is 11. The molecule has 0 aromatic heterocycles. The number of rotatable bonds is 10. The second-order valence-electron chi connectivity index (χ2n) is 17.6. The molecule has 11 heteroatoms. The lowest BCUT2D eigenvalue weighted by molar-refractivity contribution is -0.214. The van der Waals surface area contributed by atoms with E-state index in [1.807, 2.05) is 14.2 Å². The summed E-state index contributed by atoms with van der Waals surface area (Å²) in [5.74, 6) is 2.24. The van der Waals surface area contributed by atoms with Crippen molar-refractivity contribution in [1.29, 1.82) is 0 Å². The lowest BCUT2D eigenvalue weighted by Crippen LogP contribution is -2.68. The van der Waals surface area contributed by atoms with E-state index in [1.165, 1.54) is 6.42 Å². The lowest BCUT2D eigenvalue weighted by atomic mass is 9.50. The van der Waals surface area contributed by atoms with E-state index in [1.54, 1.807) is 28.4 Å². The first-order valence-electron chi connectivity index (χ1n) is 20.1. The molecule has 0 aromatic carbocycles. The fourth-order valence-electron chi connectivity index (χ4n) is 13.0. The van der Waals surface area contributed by atoms with Crippen molar-refractivity contribution in [2.24, 2.45) is 47.3 Å². The summed E-state index contributed by atoms with van der Waals surface area (Å²) in [6, 6.07) is 0.262. The van der Waals surface area contributed by atoms with Crippen molar-refractivity contribution < 1.29 is 43.1 Å². The molecule has 2 saturated heterocycles. The minimum atomic E-state index is -0.579. The van der Waals surface area contributed by atoms with Crippen LogP contribution in [0.1, 0.15) is 64.2 Å². The van der Waals surface area contributed by atoms with Gasteiger partial charge in [0.1, 0.15) is 0 Å². The number of likely N-dealkylation sites (tertiary alicyclic amines) is 2. The minimum Gasteiger partial charge on any atom is -0.390 e. The molecule has 5 saturated carbocycles. The standard InChI is InChI=1S/C40H68N2O9/c1-41-11-9-21-14-29(45-3)31(47-5)17-24(21)27(41)13-23-16-30(46-4)33(49-7)20-28(23)51-34-19-26-25(18-32(34)48-6)37-36-22(15-35(50-8)40(37)44)10-12-42(2)38(36)39(26)43/h21-38,40,44H,9-20H2,1-8H3/t21?,22?,23?,24?,25?,26?,27-,28?,29?,30?,31?,32?,33?,34?,35?,36?,37?,38?,40?/m0/s1. The number of methoxy groups -OCH3 is 6. The summed E-state index contributed by atoms with van der Waals surface area (Å²) in [5, 5.41) is 11.8. The Morgan fingerprint density at radius 1 is 0.588 bits per heavy atom. The molecule has 2 heterocycles. The molecule has 0 radical (unpaired) electrons. The molecule has 2 aliphatic heterocycles. The summed E-state index contributed by atoms with van der Waals surface area (Å²) in [7, 11) is 15.1. The smallest absolute Gasteiger partial charge is 0.153 e. The number of likely N-dealkylation sites (N-methyl/N-ethyl adjacent to an activating group) is 1. The Hall–Kier alpha value is -0.730. The van der Waals surface area contributed by atoms with Crippen LogP contribution in [0.25, 0.3) is 0 Å². The number of piperidine rings is 2. The Morgan fingerprint density at radius 3 is 1.82 bits per heavy atom. The molecule has 0 amide bonds. The number of Topliss-reactive ketones (excluding diaryl/α,β-unsaturated/α-hetero) is 1. The largest absolute Gasteiger partial charge is 0.390 e. The van der Waals surface area contributed by atoms with Crippen LogP contribution in [0.5, 0.6) is 0 Å². The van der Waals surface area contributed by atoms with E-state index in [0.717, 1.165) is 64.5 Å². The molecule has 0 aromatic rings. The van der Waals surface area contributed by atoms with Gasteiger partial charge in [-0.2, -0.15) is 0 Å². The molecular weight excluding hydrogens is 652 g/mol. The molecule has 11 nitrogen and oxygen atoms in total. The molecular formula is C40H68N2O9. The van der Waals surface area contributed by atoms with Gasteiger partial charge in [0.2, 0.25) is 0 Å². The van der Waals surface area contributed by atoms with Crippen LogP contribution in [0.15, 0.2) is 0 Å². The maximum Gasteiger partial charge on any atom is 0.153 e. The molecule has 0 bridgehead atoms. The van der Waals surface area contributed by atoms with Crippen LogP contribution in [0.3, 0.4) is 0 Å². The van der Waals surface area contributed by atoms with Gasteiger partial charge in [-0.05, 0) is 126 Å². The van der Waals surface area contributed by atoms with Crippen LogP contribution in [-0.4, -0.2) is 158 Å². The van der Waals surface area contributed by atoms with E-state index in [-0.39, 0.29) is 84.5 Å². The average Bonchev–Trinajstić information content (AvgIpc) is 3.15. The predicted octanol–water partition coefficient (Wildman–Crippen LogP) is 3.29. The average molecular weight is 721 g/mol. The summed E-state index contributed by atoms with van der Waals surface area (Å²) in [6.07, 6.45) is 8.14. The van der Waals surface area contributed by atoms with Crippen molar-refractivity contribution in [3.8, 4) is 0 Å². The molecule has 7 fully saturated rings. The van der Waals surface area contributed by atoms with Gasteiger partial charge in [0.25, 0.3) is 0 Å². The third-order valence-corrected chi connectivity index (χ3v) is 15.7. The van der Waals surface area contributed by atoms with E-state index < -0.39 is 6.10 Å². The number of ether oxygens (including phenoxy) is 7. The van der Waals surface area contributed by atoms with Crippen molar-refractivity contribution in [3.05, 3.63) is 0 Å². The number of hydrogen-bond donors (Lipinski definition) is 1. The van der Waals surface area contributed by atoms with Gasteiger partial charge in [-0.25, -0.2) is 0 Å². The molecule has 292 valence electrons. The normalized spacial score (nSPS) is 50.7. The van der Waals surface area contributed by atoms with Crippen LogP contribution in [0.2, 0.25) is 0 Å². The summed E-state index contributed by atoms with van der Waals surface area (Å²) in [4.78, 5) is 19.4. The van der Waals surface area contributed by atoms with Gasteiger partial charge < -0.3 is 43.2 Å². The van der Waals surface area contributed by atoms with E-state index in [4.69, 9.17) is 33.2 Å². The fourth-order valence-corrected chi connectivity index (χ4v) is 13.0. The first kappa shape index (κ1) is 38.5. The van der Waals surface area contributed by atoms with Gasteiger partial charge in [-0.1, -0.05) is 0 Å². The number of carbonyl (C=O) groups excluding carboxylic acids is 1. The van der Waals surface area contributed by atoms with Crippen LogP contribution >= 0.6 is 0 Å². The second-order valence-corrected chi connectivity index (χ2v) is 17.6. The van der Waals surface area contributed by atoms with Gasteiger partial charge in [0.05, 0.1) is 61.0 Å². The van der Waals surface area contributed by atoms with Gasteiger partial charge >= 0.3 is 0 Å². The fraction of sp³-hybridized carbons (Fsp3) is 0.975. The summed E-state index contributed by atoms with van der Waals surface area (Å²) >= 11 is 0. The Kier molecular flexibility index (Phi) is 12.2. The van der Waals surface area contributed by atoms with Gasteiger partial charge in [-0.3, -0.25) is 9.69 Å². The van der Waals surface area contributed by atoms with Gasteiger partial charge in [-0.15, -0.1) is 0 Å². The second kappa shape index (κ2) is 16.2. The van der Waals surface area contributed by atoms with Crippen molar-refractivity contribution in [1.82, 2.24) is 9.80 Å². The first-order chi connectivity index (χ1) is 24.6. The van der Waals surface area contributed by atoms with Crippen LogP contribution in [-0.2, 0) is 38.0 Å². The van der Waals surface area contributed by atoms with Crippen LogP contribution in [0.4, 0.5) is 0 Å². The Balaban J connectivity index is 1.14. The van der Waals surface area contributed by atoms with Crippen molar-refractivity contribution in [3.63, 3.8) is 0 Å². The molecule has 51 heavy (non-hydrogen) atoms. The van der Waals surface area contributed by atoms with E-state index in [9.17, 15) is 9.90 Å². The Bertz CT molecular complexity index is 1180. The highest BCUT2D eigenvalue weighted by Crippen LogP contribution is 2.56. The molecule has 1 N–H and O–H groups in total. The zero-order valence-electron chi connectivity index (χ0n) is 32.6. The zero-order chi connectivity index (χ0) is 36.1. The SMILES string of the molecule is COC1CC(C[C@H]2C3CC(OC)C(OC)CC3CCN2C)C(OC2CC3C(=O)C4C5C(CCN4C)CC(OC)C(O)C5C3CC2OC)CC1OC. The van der Waals surface area contributed by atoms with Gasteiger partial charge in [0.15, 0.2) is 5.78 Å². The number of fused-ring (bicyclic) bond motifs is 3. The monoisotopic (exact) mass is 720 g/mol. The number of aliphatic hydroxyl groups excluding tert-OH is 1. The molecule has 7 aliphatic rings. The number of nitrogens with zero attached hydrogens (tertiary/aromatic N) is 2. The molecule has 0 spiro atoms. The Morgan fingerprint density at radius 2 is 1.14 bits per heavy atom. The van der Waals surface area contributed by atoms with Crippen LogP contribution in [0, 0.1) is 47.3 Å². The quantitative estimate of drug-likeness (QED) is 0.360. The first-order valence-corrected chi connectivity index (χ1v) is 20.1. The maximum absolute atomic E-state index is 14.6. The number of aliphatic hydroxyl groups is 1. The van der Waals surface area contributed by atoms with Crippen molar-refractivity contribution in [2.75, 3.05) is 69.8 Å². The predicted molar refractivity (Wildman–Crippen MR) is 191 cm³/mol. The molecule has 5 aliphatic carbocycles. The number of carbonyl (C=O) groups is 1. The summed E-state index contributed by atoms with van der Waals surface area (Å²) in [6.45, 7) is 1.99. The van der Waals surface area contributed by atoms with Gasteiger partial charge in [0, 0.05) is 61.0 Å². The number of ketones is 1. The molecule has 7 rings (SSSR count). The van der Waals surface area contributed by atoms with E-state index >= 15 is 0 Å².